The first-order valence-electron chi connectivity index (χ1n) is 6.12. The smallest absolute Gasteiger partial charge is 0.340 e. The van der Waals surface area contributed by atoms with Crippen molar-refractivity contribution in [2.45, 2.75) is 20.5 Å². The van der Waals surface area contributed by atoms with E-state index in [0.29, 0.717) is 27.7 Å². The van der Waals surface area contributed by atoms with E-state index < -0.39 is 5.97 Å². The van der Waals surface area contributed by atoms with Crippen molar-refractivity contribution in [1.82, 2.24) is 9.78 Å². The minimum atomic E-state index is -0.471. The van der Waals surface area contributed by atoms with Crippen molar-refractivity contribution in [3.05, 3.63) is 45.7 Å². The van der Waals surface area contributed by atoms with E-state index in [0.717, 1.165) is 5.56 Å². The first-order chi connectivity index (χ1) is 9.41. The predicted molar refractivity (Wildman–Crippen MR) is 77.7 cm³/mol. The van der Waals surface area contributed by atoms with Crippen molar-refractivity contribution in [3.8, 4) is 0 Å². The van der Waals surface area contributed by atoms with Crippen molar-refractivity contribution in [2.75, 3.05) is 5.73 Å². The van der Waals surface area contributed by atoms with Gasteiger partial charge in [-0.2, -0.15) is 5.10 Å². The molecule has 0 aliphatic heterocycles. The number of halogens is 1. The van der Waals surface area contributed by atoms with Gasteiger partial charge in [0.05, 0.1) is 22.0 Å². The van der Waals surface area contributed by atoms with E-state index in [1.807, 2.05) is 13.0 Å². The largest absolute Gasteiger partial charge is 0.455 e. The topological polar surface area (TPSA) is 70.1 Å². The average molecular weight is 294 g/mol. The highest BCUT2D eigenvalue weighted by Crippen LogP contribution is 2.22. The molecule has 0 unspecified atom stereocenters. The molecule has 20 heavy (non-hydrogen) atoms. The Labute approximate surface area is 122 Å². The second-order valence-electron chi connectivity index (χ2n) is 4.58. The number of hydrogen-bond donors (Lipinski definition) is 1. The van der Waals surface area contributed by atoms with E-state index in [4.69, 9.17) is 22.1 Å². The summed E-state index contributed by atoms with van der Waals surface area (Å²) in [6, 6.07) is 5.25. The third kappa shape index (κ3) is 2.63. The van der Waals surface area contributed by atoms with Crippen molar-refractivity contribution in [2.24, 2.45) is 7.05 Å². The maximum Gasteiger partial charge on any atom is 0.340 e. The zero-order valence-electron chi connectivity index (χ0n) is 11.6. The molecule has 0 saturated carbocycles. The van der Waals surface area contributed by atoms with E-state index >= 15 is 0 Å². The van der Waals surface area contributed by atoms with Crippen LogP contribution in [0.4, 0.5) is 5.69 Å². The number of ether oxygens (including phenoxy) is 1. The Hall–Kier alpha value is -2.01. The molecular weight excluding hydrogens is 278 g/mol. The van der Waals surface area contributed by atoms with Crippen molar-refractivity contribution >= 4 is 23.3 Å². The van der Waals surface area contributed by atoms with Crippen LogP contribution in [0.3, 0.4) is 0 Å². The highest BCUT2D eigenvalue weighted by Gasteiger charge is 2.16. The number of para-hydroxylation sites is 1. The van der Waals surface area contributed by atoms with Gasteiger partial charge in [0.15, 0.2) is 0 Å². The number of carbonyl (C=O) groups is 1. The molecule has 2 N–H and O–H groups in total. The number of carbonyl (C=O) groups excluding carboxylic acids is 1. The molecule has 0 saturated heterocycles. The number of hydrogen-bond acceptors (Lipinski definition) is 4. The van der Waals surface area contributed by atoms with Crippen molar-refractivity contribution in [1.29, 1.82) is 0 Å². The summed E-state index contributed by atoms with van der Waals surface area (Å²) in [6.45, 7) is 3.70. The van der Waals surface area contributed by atoms with Gasteiger partial charge in [0.2, 0.25) is 0 Å². The second-order valence-corrected chi connectivity index (χ2v) is 4.96. The molecule has 0 spiro atoms. The van der Waals surface area contributed by atoms with Gasteiger partial charge in [0.25, 0.3) is 0 Å². The lowest BCUT2D eigenvalue weighted by atomic mass is 10.1. The van der Waals surface area contributed by atoms with E-state index in [2.05, 4.69) is 5.10 Å². The van der Waals surface area contributed by atoms with Crippen LogP contribution in [-0.4, -0.2) is 15.7 Å². The molecule has 0 radical (unpaired) electrons. The van der Waals surface area contributed by atoms with Crippen LogP contribution in [0.5, 0.6) is 0 Å². The Morgan fingerprint density at radius 3 is 2.75 bits per heavy atom. The minimum absolute atomic E-state index is 0.0579. The van der Waals surface area contributed by atoms with Crippen LogP contribution in [0, 0.1) is 13.8 Å². The zero-order chi connectivity index (χ0) is 14.9. The van der Waals surface area contributed by atoms with Crippen LogP contribution in [0.2, 0.25) is 5.02 Å². The molecule has 0 amide bonds. The first kappa shape index (κ1) is 14.4. The lowest BCUT2D eigenvalue weighted by molar-refractivity contribution is 0.0465. The van der Waals surface area contributed by atoms with Crippen LogP contribution < -0.4 is 5.73 Å². The molecule has 2 rings (SSSR count). The molecule has 106 valence electrons. The second kappa shape index (κ2) is 5.54. The number of aromatic nitrogens is 2. The van der Waals surface area contributed by atoms with Crippen LogP contribution in [-0.2, 0) is 18.4 Å². The summed E-state index contributed by atoms with van der Waals surface area (Å²) in [4.78, 5) is 12.0. The summed E-state index contributed by atoms with van der Waals surface area (Å²) in [6.07, 6.45) is 0. The Morgan fingerprint density at radius 2 is 2.15 bits per heavy atom. The molecule has 0 bridgehead atoms. The number of anilines is 1. The number of nitrogens with two attached hydrogens (primary N) is 1. The Bertz CT molecular complexity index is 665. The molecule has 5 nitrogen and oxygen atoms in total. The van der Waals surface area contributed by atoms with E-state index in [1.54, 1.807) is 30.8 Å². The number of nitrogen functional groups attached to an aromatic ring is 1. The van der Waals surface area contributed by atoms with Crippen molar-refractivity contribution < 1.29 is 9.53 Å². The van der Waals surface area contributed by atoms with E-state index in [1.165, 1.54) is 0 Å². The SMILES string of the molecule is Cc1cccc(C(=O)OCc2c(Cl)c(C)nn2C)c1N. The van der Waals surface area contributed by atoms with Gasteiger partial charge in [-0.15, -0.1) is 0 Å². The third-order valence-electron chi connectivity index (χ3n) is 3.15. The third-order valence-corrected chi connectivity index (χ3v) is 3.64. The molecule has 2 aromatic rings. The van der Waals surface area contributed by atoms with Crippen LogP contribution in [0.1, 0.15) is 27.3 Å². The summed E-state index contributed by atoms with van der Waals surface area (Å²) in [5.41, 5.74) is 8.87. The van der Waals surface area contributed by atoms with Gasteiger partial charge in [-0.05, 0) is 25.5 Å². The first-order valence-corrected chi connectivity index (χ1v) is 6.49. The average Bonchev–Trinajstić information content (AvgIpc) is 2.64. The lowest BCUT2D eigenvalue weighted by Crippen LogP contribution is -2.11. The monoisotopic (exact) mass is 293 g/mol. The lowest BCUT2D eigenvalue weighted by Gasteiger charge is -2.09. The minimum Gasteiger partial charge on any atom is -0.455 e. The molecule has 0 fully saturated rings. The van der Waals surface area contributed by atoms with Gasteiger partial charge >= 0.3 is 5.97 Å². The van der Waals surface area contributed by atoms with Crippen LogP contribution in [0.25, 0.3) is 0 Å². The summed E-state index contributed by atoms with van der Waals surface area (Å²) in [5.74, 6) is -0.471. The molecule has 1 heterocycles. The van der Waals surface area contributed by atoms with Crippen molar-refractivity contribution in [3.63, 3.8) is 0 Å². The Balaban J connectivity index is 2.15. The highest BCUT2D eigenvalue weighted by molar-refractivity contribution is 6.31. The van der Waals surface area contributed by atoms with Gasteiger partial charge < -0.3 is 10.5 Å². The predicted octanol–water partition coefficient (Wildman–Crippen LogP) is 2.63. The number of benzene rings is 1. The molecule has 1 aromatic carbocycles. The summed E-state index contributed by atoms with van der Waals surface area (Å²) >= 11 is 6.10. The maximum atomic E-state index is 12.0. The number of rotatable bonds is 3. The molecule has 0 atom stereocenters. The number of esters is 1. The summed E-state index contributed by atoms with van der Waals surface area (Å²) in [5, 5.41) is 4.67. The number of nitrogens with zero attached hydrogens (tertiary/aromatic N) is 2. The Morgan fingerprint density at radius 1 is 1.45 bits per heavy atom. The maximum absolute atomic E-state index is 12.0. The van der Waals surface area contributed by atoms with Gasteiger partial charge in [0.1, 0.15) is 6.61 Å². The van der Waals surface area contributed by atoms with Crippen LogP contribution in [0.15, 0.2) is 18.2 Å². The summed E-state index contributed by atoms with van der Waals surface area (Å²) < 4.78 is 6.86. The summed E-state index contributed by atoms with van der Waals surface area (Å²) in [7, 11) is 1.75. The molecule has 6 heteroatoms. The normalized spacial score (nSPS) is 10.6. The van der Waals surface area contributed by atoms with E-state index in [-0.39, 0.29) is 6.61 Å². The van der Waals surface area contributed by atoms with Gasteiger partial charge in [-0.3, -0.25) is 4.68 Å². The highest BCUT2D eigenvalue weighted by atomic mass is 35.5. The Kier molecular flexibility index (Phi) is 3.99. The van der Waals surface area contributed by atoms with Gasteiger partial charge in [-0.1, -0.05) is 23.7 Å². The fourth-order valence-corrected chi connectivity index (χ4v) is 2.12. The molecule has 1 aromatic heterocycles. The standard InChI is InChI=1S/C14H16ClN3O2/c1-8-5-4-6-10(13(8)16)14(19)20-7-11-12(15)9(2)17-18(11)3/h4-6H,7,16H2,1-3H3. The molecule has 0 aliphatic rings. The fourth-order valence-electron chi connectivity index (χ4n) is 1.91. The molecular formula is C14H16ClN3O2. The molecule has 0 aliphatic carbocycles. The zero-order valence-corrected chi connectivity index (χ0v) is 12.4. The number of aryl methyl sites for hydroxylation is 3. The fraction of sp³-hybridized carbons (Fsp3) is 0.286. The van der Waals surface area contributed by atoms with E-state index in [9.17, 15) is 4.79 Å². The van der Waals surface area contributed by atoms with Gasteiger partial charge in [-0.25, -0.2) is 4.79 Å². The quantitative estimate of drug-likeness (QED) is 0.697. The van der Waals surface area contributed by atoms with Gasteiger partial charge in [0, 0.05) is 12.7 Å². The van der Waals surface area contributed by atoms with Crippen LogP contribution >= 0.6 is 11.6 Å².